The number of sulfonamides is 1. The summed E-state index contributed by atoms with van der Waals surface area (Å²) in [6.45, 7) is 3.63. The maximum atomic E-state index is 14.0. The van der Waals surface area contributed by atoms with Gasteiger partial charge in [-0.1, -0.05) is 55.5 Å². The SMILES string of the molecule is CCNC(=O)[C@@H](CC)N(Cc1ccccc1)C(=O)CN(c1ccc(OC)c(OC)c1)S(=O)(=O)c1ccccc1. The smallest absolute Gasteiger partial charge is 0.264 e. The van der Waals surface area contributed by atoms with E-state index < -0.39 is 28.5 Å². The first-order valence-electron chi connectivity index (χ1n) is 12.7. The molecule has 0 radical (unpaired) electrons. The van der Waals surface area contributed by atoms with Gasteiger partial charge in [-0.25, -0.2) is 8.42 Å². The molecule has 10 heteroatoms. The van der Waals surface area contributed by atoms with Crippen LogP contribution in [0.25, 0.3) is 0 Å². The van der Waals surface area contributed by atoms with Crippen molar-refractivity contribution in [3.8, 4) is 11.5 Å². The largest absolute Gasteiger partial charge is 0.493 e. The van der Waals surface area contributed by atoms with Crippen molar-refractivity contribution in [1.82, 2.24) is 10.2 Å². The second kappa shape index (κ2) is 13.7. The van der Waals surface area contributed by atoms with Crippen LogP contribution < -0.4 is 19.1 Å². The minimum Gasteiger partial charge on any atom is -0.493 e. The fourth-order valence-electron chi connectivity index (χ4n) is 4.22. The lowest BCUT2D eigenvalue weighted by molar-refractivity contribution is -0.140. The van der Waals surface area contributed by atoms with Gasteiger partial charge >= 0.3 is 0 Å². The topological polar surface area (TPSA) is 105 Å². The number of anilines is 1. The predicted molar refractivity (Wildman–Crippen MR) is 150 cm³/mol. The first-order valence-corrected chi connectivity index (χ1v) is 14.1. The molecule has 0 saturated heterocycles. The minimum atomic E-state index is -4.17. The quantitative estimate of drug-likeness (QED) is 0.345. The maximum absolute atomic E-state index is 14.0. The number of likely N-dealkylation sites (N-methyl/N-ethyl adjacent to an activating group) is 1. The van der Waals surface area contributed by atoms with E-state index >= 15 is 0 Å². The first-order chi connectivity index (χ1) is 18.8. The van der Waals surface area contributed by atoms with Gasteiger partial charge in [0, 0.05) is 19.2 Å². The molecule has 0 saturated carbocycles. The van der Waals surface area contributed by atoms with Gasteiger partial charge in [0.1, 0.15) is 12.6 Å². The molecule has 0 heterocycles. The molecule has 0 aliphatic carbocycles. The number of benzene rings is 3. The zero-order chi connectivity index (χ0) is 28.4. The number of nitrogens with one attached hydrogen (secondary N) is 1. The molecule has 0 aromatic heterocycles. The molecule has 39 heavy (non-hydrogen) atoms. The van der Waals surface area contributed by atoms with E-state index in [4.69, 9.17) is 9.47 Å². The lowest BCUT2D eigenvalue weighted by Gasteiger charge is -2.33. The van der Waals surface area contributed by atoms with E-state index in [9.17, 15) is 18.0 Å². The molecular formula is C29H35N3O6S. The number of ether oxygens (including phenoxy) is 2. The Morgan fingerprint density at radius 3 is 2.05 bits per heavy atom. The fourth-order valence-corrected chi connectivity index (χ4v) is 5.65. The van der Waals surface area contributed by atoms with Crippen molar-refractivity contribution in [3.05, 3.63) is 84.4 Å². The highest BCUT2D eigenvalue weighted by Gasteiger charge is 2.33. The van der Waals surface area contributed by atoms with E-state index in [1.54, 1.807) is 37.3 Å². The molecule has 0 spiro atoms. The number of hydrogen-bond acceptors (Lipinski definition) is 6. The summed E-state index contributed by atoms with van der Waals surface area (Å²) in [5.74, 6) is -0.0951. The summed E-state index contributed by atoms with van der Waals surface area (Å²) in [5.41, 5.74) is 1.03. The standard InChI is InChI=1S/C29H35N3O6S/c1-5-25(29(34)30-6-2)31(20-22-13-9-7-10-14-22)28(33)21-32(39(35,36)24-15-11-8-12-16-24)23-17-18-26(37-3)27(19-23)38-4/h7-19,25H,5-6,20-21H2,1-4H3,(H,30,34)/t25-/m1/s1. The molecule has 3 aromatic rings. The van der Waals surface area contributed by atoms with Crippen molar-refractivity contribution in [2.45, 2.75) is 37.8 Å². The molecule has 9 nitrogen and oxygen atoms in total. The van der Waals surface area contributed by atoms with Gasteiger partial charge in [0.2, 0.25) is 11.8 Å². The van der Waals surface area contributed by atoms with Crippen LogP contribution in [-0.2, 0) is 26.2 Å². The van der Waals surface area contributed by atoms with Crippen LogP contribution >= 0.6 is 0 Å². The number of carbonyl (C=O) groups is 2. The van der Waals surface area contributed by atoms with Crippen molar-refractivity contribution < 1.29 is 27.5 Å². The molecule has 1 atom stereocenters. The molecule has 3 rings (SSSR count). The highest BCUT2D eigenvalue weighted by atomic mass is 32.2. The summed E-state index contributed by atoms with van der Waals surface area (Å²) in [4.78, 5) is 28.4. The monoisotopic (exact) mass is 553 g/mol. The summed E-state index contributed by atoms with van der Waals surface area (Å²) in [5, 5.41) is 2.79. The van der Waals surface area contributed by atoms with Crippen molar-refractivity contribution in [3.63, 3.8) is 0 Å². The summed E-state index contributed by atoms with van der Waals surface area (Å²) in [6, 6.07) is 21.0. The van der Waals surface area contributed by atoms with Crippen LogP contribution in [-0.4, -0.2) is 58.5 Å². The number of amides is 2. The normalized spacial score (nSPS) is 11.8. The molecule has 0 unspecified atom stereocenters. The Balaban J connectivity index is 2.09. The van der Waals surface area contributed by atoms with E-state index in [0.717, 1.165) is 9.87 Å². The van der Waals surface area contributed by atoms with Crippen LogP contribution in [0, 0.1) is 0 Å². The Kier molecular flexibility index (Phi) is 10.3. The lowest BCUT2D eigenvalue weighted by atomic mass is 10.1. The number of methoxy groups -OCH3 is 2. The Bertz CT molecular complexity index is 1350. The number of carbonyl (C=O) groups excluding carboxylic acids is 2. The summed E-state index contributed by atoms with van der Waals surface area (Å²) >= 11 is 0. The van der Waals surface area contributed by atoms with Crippen molar-refractivity contribution in [1.29, 1.82) is 0 Å². The van der Waals surface area contributed by atoms with Crippen molar-refractivity contribution >= 4 is 27.5 Å². The molecule has 0 aliphatic rings. The zero-order valence-electron chi connectivity index (χ0n) is 22.7. The Hall–Kier alpha value is -4.05. The van der Waals surface area contributed by atoms with E-state index in [2.05, 4.69) is 5.32 Å². The van der Waals surface area contributed by atoms with Crippen LogP contribution in [0.15, 0.2) is 83.8 Å². The van der Waals surface area contributed by atoms with E-state index in [1.807, 2.05) is 37.3 Å². The van der Waals surface area contributed by atoms with Crippen LogP contribution in [0.2, 0.25) is 0 Å². The fraction of sp³-hybridized carbons (Fsp3) is 0.310. The Morgan fingerprint density at radius 2 is 1.49 bits per heavy atom. The third kappa shape index (κ3) is 7.08. The van der Waals surface area contributed by atoms with E-state index in [1.165, 1.54) is 37.3 Å². The van der Waals surface area contributed by atoms with Gasteiger partial charge in [-0.15, -0.1) is 0 Å². The molecule has 1 N–H and O–H groups in total. The molecule has 0 fully saturated rings. The average molecular weight is 554 g/mol. The van der Waals surface area contributed by atoms with Gasteiger partial charge in [0.15, 0.2) is 11.5 Å². The first kappa shape index (κ1) is 29.5. The molecule has 0 aliphatic heterocycles. The number of rotatable bonds is 13. The second-order valence-corrected chi connectivity index (χ2v) is 10.6. The van der Waals surface area contributed by atoms with Gasteiger partial charge in [0.05, 0.1) is 24.8 Å². The van der Waals surface area contributed by atoms with Crippen molar-refractivity contribution in [2.75, 3.05) is 31.6 Å². The van der Waals surface area contributed by atoms with Gasteiger partial charge in [0.25, 0.3) is 10.0 Å². The molecule has 3 aromatic carbocycles. The second-order valence-electron chi connectivity index (χ2n) is 8.69. The van der Waals surface area contributed by atoms with E-state index in [-0.39, 0.29) is 23.0 Å². The maximum Gasteiger partial charge on any atom is 0.264 e. The van der Waals surface area contributed by atoms with Crippen LogP contribution in [0.5, 0.6) is 11.5 Å². The summed E-state index contributed by atoms with van der Waals surface area (Å²) < 4.78 is 39.5. The summed E-state index contributed by atoms with van der Waals surface area (Å²) in [7, 11) is -1.25. The molecule has 208 valence electrons. The highest BCUT2D eigenvalue weighted by molar-refractivity contribution is 7.92. The average Bonchev–Trinajstić information content (AvgIpc) is 2.96. The van der Waals surface area contributed by atoms with Gasteiger partial charge in [-0.3, -0.25) is 13.9 Å². The predicted octanol–water partition coefficient (Wildman–Crippen LogP) is 3.84. The minimum absolute atomic E-state index is 0.0259. The van der Waals surface area contributed by atoms with E-state index in [0.29, 0.717) is 24.5 Å². The van der Waals surface area contributed by atoms with Gasteiger partial charge < -0.3 is 19.7 Å². The van der Waals surface area contributed by atoms with Gasteiger partial charge in [-0.2, -0.15) is 0 Å². The molecular weight excluding hydrogens is 518 g/mol. The third-order valence-corrected chi connectivity index (χ3v) is 7.99. The Labute approximate surface area is 230 Å². The highest BCUT2D eigenvalue weighted by Crippen LogP contribution is 2.34. The number of nitrogens with zero attached hydrogens (tertiary/aromatic N) is 2. The van der Waals surface area contributed by atoms with Crippen molar-refractivity contribution in [2.24, 2.45) is 0 Å². The zero-order valence-corrected chi connectivity index (χ0v) is 23.5. The van der Waals surface area contributed by atoms with Crippen LogP contribution in [0.1, 0.15) is 25.8 Å². The summed E-state index contributed by atoms with van der Waals surface area (Å²) in [6.07, 6.45) is 0.353. The Morgan fingerprint density at radius 1 is 0.872 bits per heavy atom. The van der Waals surface area contributed by atoms with Crippen LogP contribution in [0.3, 0.4) is 0 Å². The molecule has 2 amide bonds. The third-order valence-electron chi connectivity index (χ3n) is 6.20. The number of hydrogen-bond donors (Lipinski definition) is 1. The molecule has 0 bridgehead atoms. The van der Waals surface area contributed by atoms with Crippen LogP contribution in [0.4, 0.5) is 5.69 Å². The van der Waals surface area contributed by atoms with Gasteiger partial charge in [-0.05, 0) is 43.2 Å². The lowest BCUT2D eigenvalue weighted by Crippen LogP contribution is -2.52.